The van der Waals surface area contributed by atoms with Crippen molar-refractivity contribution in [3.05, 3.63) is 64.7 Å². The number of carbonyl (C=O) groups excluding carboxylic acids is 1. The maximum Gasteiger partial charge on any atom is 0.250 e. The third kappa shape index (κ3) is 5.65. The van der Waals surface area contributed by atoms with Gasteiger partial charge in [0.05, 0.1) is 27.4 Å². The first-order valence-corrected chi connectivity index (χ1v) is 9.66. The van der Waals surface area contributed by atoms with E-state index in [9.17, 15) is 4.79 Å². The molecule has 1 aliphatic heterocycles. The minimum atomic E-state index is -0.116. The summed E-state index contributed by atoms with van der Waals surface area (Å²) in [7, 11) is 3.14. The number of amides is 1. The Balaban J connectivity index is 1.86. The molecule has 0 aliphatic carbocycles. The van der Waals surface area contributed by atoms with E-state index in [1.54, 1.807) is 43.4 Å². The average molecular weight is 418 g/mol. The zero-order valence-corrected chi connectivity index (χ0v) is 17.3. The molecule has 1 fully saturated rings. The fourth-order valence-corrected chi connectivity index (χ4v) is 3.05. The van der Waals surface area contributed by atoms with E-state index in [1.165, 1.54) is 6.08 Å². The topological polar surface area (TPSA) is 57.2 Å². The van der Waals surface area contributed by atoms with Crippen LogP contribution < -0.4 is 9.47 Å². The van der Waals surface area contributed by atoms with Gasteiger partial charge in [0.2, 0.25) is 5.91 Å². The first-order chi connectivity index (χ1) is 14.1. The van der Waals surface area contributed by atoms with Crippen molar-refractivity contribution < 1.29 is 23.7 Å². The molecule has 0 aromatic heterocycles. The molecule has 1 saturated heterocycles. The number of rotatable bonds is 7. The number of nitrogens with zero attached hydrogens (tertiary/aromatic N) is 1. The van der Waals surface area contributed by atoms with Gasteiger partial charge in [-0.05, 0) is 35.9 Å². The molecule has 0 atom stereocenters. The summed E-state index contributed by atoms with van der Waals surface area (Å²) in [6.07, 6.45) is 1.52. The molecule has 6 nitrogen and oxygen atoms in total. The highest BCUT2D eigenvalue weighted by atomic mass is 35.5. The van der Waals surface area contributed by atoms with Crippen molar-refractivity contribution in [3.63, 3.8) is 0 Å². The standard InChI is InChI=1S/C22H24ClNO5/c1-26-19-8-5-17(13-21(19)27-2)20(14-22(25)24-9-11-28-12-10-24)29-15-16-3-6-18(23)7-4-16/h3-8,13-14H,9-12,15H2,1-2H3/b20-14+. The third-order valence-corrected chi connectivity index (χ3v) is 4.80. The van der Waals surface area contributed by atoms with E-state index in [4.69, 9.17) is 30.5 Å². The van der Waals surface area contributed by atoms with E-state index in [0.29, 0.717) is 55.2 Å². The highest BCUT2D eigenvalue weighted by molar-refractivity contribution is 6.30. The molecule has 1 amide bonds. The van der Waals surface area contributed by atoms with Crippen LogP contribution in [0.2, 0.25) is 5.02 Å². The number of hydrogen-bond donors (Lipinski definition) is 0. The van der Waals surface area contributed by atoms with Crippen LogP contribution in [0.5, 0.6) is 11.5 Å². The molecule has 1 aliphatic rings. The molecule has 29 heavy (non-hydrogen) atoms. The van der Waals surface area contributed by atoms with Crippen molar-refractivity contribution in [2.45, 2.75) is 6.61 Å². The lowest BCUT2D eigenvalue weighted by Gasteiger charge is -2.26. The molecule has 154 valence electrons. The smallest absolute Gasteiger partial charge is 0.250 e. The monoisotopic (exact) mass is 417 g/mol. The Labute approximate surface area is 175 Å². The van der Waals surface area contributed by atoms with Gasteiger partial charge in [-0.2, -0.15) is 0 Å². The number of benzene rings is 2. The molecule has 2 aromatic rings. The first kappa shape index (κ1) is 21.0. The molecule has 0 saturated carbocycles. The number of halogens is 1. The Morgan fingerprint density at radius 1 is 1.07 bits per heavy atom. The summed E-state index contributed by atoms with van der Waals surface area (Å²) in [6, 6.07) is 12.8. The SMILES string of the molecule is COc1ccc(/C(=C\C(=O)N2CCOCC2)OCc2ccc(Cl)cc2)cc1OC. The van der Waals surface area contributed by atoms with Gasteiger partial charge in [0.25, 0.3) is 0 Å². The Kier molecular flexibility index (Phi) is 7.38. The van der Waals surface area contributed by atoms with Gasteiger partial charge in [-0.1, -0.05) is 23.7 Å². The zero-order valence-electron chi connectivity index (χ0n) is 16.5. The average Bonchev–Trinajstić information content (AvgIpc) is 2.77. The largest absolute Gasteiger partial charge is 0.493 e. The lowest BCUT2D eigenvalue weighted by molar-refractivity contribution is -0.130. The molecule has 0 bridgehead atoms. The van der Waals surface area contributed by atoms with Crippen LogP contribution in [0.25, 0.3) is 5.76 Å². The van der Waals surface area contributed by atoms with Crippen molar-refractivity contribution >= 4 is 23.3 Å². The summed E-state index contributed by atoms with van der Waals surface area (Å²) in [5, 5.41) is 0.659. The van der Waals surface area contributed by atoms with E-state index in [-0.39, 0.29) is 5.91 Å². The third-order valence-electron chi connectivity index (χ3n) is 4.55. The molecule has 0 unspecified atom stereocenters. The minimum Gasteiger partial charge on any atom is -0.493 e. The Morgan fingerprint density at radius 3 is 2.41 bits per heavy atom. The van der Waals surface area contributed by atoms with Crippen molar-refractivity contribution in [3.8, 4) is 11.5 Å². The Bertz CT molecular complexity index is 860. The number of ether oxygens (including phenoxy) is 4. The van der Waals surface area contributed by atoms with Crippen LogP contribution >= 0.6 is 11.6 Å². The van der Waals surface area contributed by atoms with Crippen molar-refractivity contribution in [2.75, 3.05) is 40.5 Å². The van der Waals surface area contributed by atoms with Crippen molar-refractivity contribution in [1.29, 1.82) is 0 Å². The second kappa shape index (κ2) is 10.2. The quantitative estimate of drug-likeness (QED) is 0.507. The first-order valence-electron chi connectivity index (χ1n) is 9.28. The molecule has 1 heterocycles. The Morgan fingerprint density at radius 2 is 1.76 bits per heavy atom. The van der Waals surface area contributed by atoms with Crippen LogP contribution in [0, 0.1) is 0 Å². The number of methoxy groups -OCH3 is 2. The van der Waals surface area contributed by atoms with E-state index in [0.717, 1.165) is 11.1 Å². The second-order valence-corrected chi connectivity index (χ2v) is 6.87. The van der Waals surface area contributed by atoms with Gasteiger partial charge in [-0.3, -0.25) is 4.79 Å². The van der Waals surface area contributed by atoms with Gasteiger partial charge >= 0.3 is 0 Å². The number of morpholine rings is 1. The van der Waals surface area contributed by atoms with Crippen LogP contribution in [0.15, 0.2) is 48.5 Å². The normalized spacial score (nSPS) is 14.4. The van der Waals surface area contributed by atoms with E-state index >= 15 is 0 Å². The fourth-order valence-electron chi connectivity index (χ4n) is 2.93. The fraction of sp³-hybridized carbons (Fsp3) is 0.318. The van der Waals surface area contributed by atoms with Crippen LogP contribution in [-0.4, -0.2) is 51.3 Å². The maximum absolute atomic E-state index is 12.8. The molecule has 0 N–H and O–H groups in total. The maximum atomic E-state index is 12.8. The number of carbonyl (C=O) groups is 1. The highest BCUT2D eigenvalue weighted by Gasteiger charge is 2.18. The summed E-state index contributed by atoms with van der Waals surface area (Å²) >= 11 is 5.95. The molecule has 7 heteroatoms. The number of hydrogen-bond acceptors (Lipinski definition) is 5. The van der Waals surface area contributed by atoms with Crippen LogP contribution in [-0.2, 0) is 20.9 Å². The lowest BCUT2D eigenvalue weighted by Crippen LogP contribution is -2.39. The van der Waals surface area contributed by atoms with Crippen molar-refractivity contribution in [2.24, 2.45) is 0 Å². The summed E-state index contributed by atoms with van der Waals surface area (Å²) < 4.78 is 22.0. The van der Waals surface area contributed by atoms with Gasteiger partial charge in [0, 0.05) is 29.8 Å². The summed E-state index contributed by atoms with van der Waals surface area (Å²) in [6.45, 7) is 2.50. The van der Waals surface area contributed by atoms with Gasteiger partial charge in [-0.15, -0.1) is 0 Å². The van der Waals surface area contributed by atoms with Crippen LogP contribution in [0.1, 0.15) is 11.1 Å². The molecule has 2 aromatic carbocycles. The summed E-state index contributed by atoms with van der Waals surface area (Å²) in [5.74, 6) is 1.50. The van der Waals surface area contributed by atoms with Crippen LogP contribution in [0.4, 0.5) is 0 Å². The minimum absolute atomic E-state index is 0.116. The van der Waals surface area contributed by atoms with Gasteiger partial charge in [-0.25, -0.2) is 0 Å². The van der Waals surface area contributed by atoms with Crippen molar-refractivity contribution in [1.82, 2.24) is 4.90 Å². The molecule has 3 rings (SSSR count). The van der Waals surface area contributed by atoms with Gasteiger partial charge < -0.3 is 23.8 Å². The second-order valence-electron chi connectivity index (χ2n) is 6.43. The van der Waals surface area contributed by atoms with E-state index in [1.807, 2.05) is 18.2 Å². The lowest BCUT2D eigenvalue weighted by atomic mass is 10.1. The molecule has 0 radical (unpaired) electrons. The Hall–Kier alpha value is -2.70. The van der Waals surface area contributed by atoms with Gasteiger partial charge in [0.15, 0.2) is 11.5 Å². The summed E-state index contributed by atoms with van der Waals surface area (Å²) in [4.78, 5) is 14.5. The van der Waals surface area contributed by atoms with E-state index in [2.05, 4.69) is 0 Å². The summed E-state index contributed by atoms with van der Waals surface area (Å²) in [5.41, 5.74) is 1.66. The molecular formula is C22H24ClNO5. The van der Waals surface area contributed by atoms with Gasteiger partial charge in [0.1, 0.15) is 12.4 Å². The zero-order chi connectivity index (χ0) is 20.6. The molecule has 0 spiro atoms. The predicted octanol–water partition coefficient (Wildman–Crippen LogP) is 3.77. The van der Waals surface area contributed by atoms with Crippen LogP contribution in [0.3, 0.4) is 0 Å². The highest BCUT2D eigenvalue weighted by Crippen LogP contribution is 2.31. The predicted molar refractivity (Wildman–Crippen MR) is 111 cm³/mol. The molecular weight excluding hydrogens is 394 g/mol. The van der Waals surface area contributed by atoms with E-state index < -0.39 is 0 Å².